The zero-order valence-corrected chi connectivity index (χ0v) is 10.5. The molecule has 1 fully saturated rings. The molecular formula is C12H13BrN2O. The molecule has 1 aromatic carbocycles. The highest BCUT2D eigenvalue weighted by molar-refractivity contribution is 9.10. The van der Waals surface area contributed by atoms with E-state index >= 15 is 0 Å². The second-order valence-corrected chi connectivity index (χ2v) is 5.28. The average molecular weight is 281 g/mol. The molecule has 0 unspecified atom stereocenters. The highest BCUT2D eigenvalue weighted by Crippen LogP contribution is 2.26. The van der Waals surface area contributed by atoms with Gasteiger partial charge in [-0.15, -0.1) is 0 Å². The zero-order chi connectivity index (χ0) is 11.1. The van der Waals surface area contributed by atoms with Crippen molar-refractivity contribution in [3.05, 3.63) is 33.8 Å². The van der Waals surface area contributed by atoms with E-state index in [1.807, 2.05) is 17.0 Å². The Hall–Kier alpha value is -0.870. The molecule has 0 aromatic heterocycles. The minimum atomic E-state index is 0.195. The summed E-state index contributed by atoms with van der Waals surface area (Å²) >= 11 is 3.46. The minimum Gasteiger partial charge on any atom is -0.333 e. The van der Waals surface area contributed by atoms with Crippen molar-refractivity contribution in [2.45, 2.75) is 12.5 Å². The number of carbonyl (C=O) groups is 1. The number of rotatable bonds is 0. The predicted octanol–water partition coefficient (Wildman–Crippen LogP) is 1.42. The van der Waals surface area contributed by atoms with Crippen LogP contribution >= 0.6 is 15.9 Å². The molecular weight excluding hydrogens is 268 g/mol. The normalized spacial score (nSPS) is 23.9. The Morgan fingerprint density at radius 1 is 1.44 bits per heavy atom. The summed E-state index contributed by atoms with van der Waals surface area (Å²) in [5.74, 6) is 0.195. The molecule has 4 heteroatoms. The van der Waals surface area contributed by atoms with E-state index in [0.29, 0.717) is 6.04 Å². The average Bonchev–Trinajstić information content (AvgIpc) is 2.29. The number of halogens is 1. The van der Waals surface area contributed by atoms with Crippen LogP contribution in [-0.4, -0.2) is 36.5 Å². The van der Waals surface area contributed by atoms with Gasteiger partial charge in [-0.3, -0.25) is 4.79 Å². The fraction of sp³-hybridized carbons (Fsp3) is 0.417. The fourth-order valence-corrected chi connectivity index (χ4v) is 2.97. The Balaban J connectivity index is 2.03. The molecule has 84 valence electrons. The fourth-order valence-electron chi connectivity index (χ4n) is 2.56. The van der Waals surface area contributed by atoms with Crippen LogP contribution in [0.5, 0.6) is 0 Å². The molecule has 0 radical (unpaired) electrons. The third-order valence-electron chi connectivity index (χ3n) is 3.36. The Kier molecular flexibility index (Phi) is 2.48. The van der Waals surface area contributed by atoms with Gasteiger partial charge in [-0.05, 0) is 30.2 Å². The maximum atomic E-state index is 12.2. The molecule has 16 heavy (non-hydrogen) atoms. The molecule has 2 aliphatic heterocycles. The molecule has 0 aliphatic carbocycles. The van der Waals surface area contributed by atoms with Gasteiger partial charge in [-0.1, -0.05) is 15.9 Å². The van der Waals surface area contributed by atoms with Gasteiger partial charge in [-0.2, -0.15) is 0 Å². The molecule has 1 aromatic rings. The number of nitrogens with one attached hydrogen (secondary N) is 1. The van der Waals surface area contributed by atoms with Crippen molar-refractivity contribution in [1.82, 2.24) is 10.2 Å². The molecule has 0 saturated carbocycles. The van der Waals surface area contributed by atoms with Crippen molar-refractivity contribution in [3.8, 4) is 0 Å². The number of hydrogen-bond donors (Lipinski definition) is 1. The van der Waals surface area contributed by atoms with Crippen molar-refractivity contribution in [3.63, 3.8) is 0 Å². The van der Waals surface area contributed by atoms with Crippen molar-refractivity contribution in [1.29, 1.82) is 0 Å². The zero-order valence-electron chi connectivity index (χ0n) is 8.87. The Bertz CT molecular complexity index is 447. The summed E-state index contributed by atoms with van der Waals surface area (Å²) < 4.78 is 1.05. The van der Waals surface area contributed by atoms with Crippen molar-refractivity contribution < 1.29 is 4.79 Å². The first-order valence-electron chi connectivity index (χ1n) is 5.56. The summed E-state index contributed by atoms with van der Waals surface area (Å²) in [5, 5.41) is 3.34. The lowest BCUT2D eigenvalue weighted by Crippen LogP contribution is -2.56. The van der Waals surface area contributed by atoms with Crippen molar-refractivity contribution in [2.75, 3.05) is 19.6 Å². The SMILES string of the molecule is O=C1c2ccc(Br)cc2C[C@@H]2CNCCN12. The summed E-state index contributed by atoms with van der Waals surface area (Å²) in [7, 11) is 0. The van der Waals surface area contributed by atoms with E-state index in [9.17, 15) is 4.79 Å². The molecule has 1 amide bonds. The third kappa shape index (κ3) is 1.57. The Labute approximate surface area is 103 Å². The van der Waals surface area contributed by atoms with Crippen LogP contribution in [-0.2, 0) is 6.42 Å². The van der Waals surface area contributed by atoms with Gasteiger partial charge in [0.1, 0.15) is 0 Å². The number of hydrogen-bond acceptors (Lipinski definition) is 2. The first-order valence-corrected chi connectivity index (χ1v) is 6.35. The molecule has 2 aliphatic rings. The molecule has 1 N–H and O–H groups in total. The topological polar surface area (TPSA) is 32.3 Å². The highest BCUT2D eigenvalue weighted by atomic mass is 79.9. The molecule has 3 nitrogen and oxygen atoms in total. The lowest BCUT2D eigenvalue weighted by atomic mass is 9.92. The van der Waals surface area contributed by atoms with E-state index in [0.717, 1.165) is 36.1 Å². The summed E-state index contributed by atoms with van der Waals surface area (Å²) in [4.78, 5) is 14.3. The van der Waals surface area contributed by atoms with Crippen LogP contribution in [0.3, 0.4) is 0 Å². The van der Waals surface area contributed by atoms with Gasteiger partial charge < -0.3 is 10.2 Å². The predicted molar refractivity (Wildman–Crippen MR) is 65.5 cm³/mol. The summed E-state index contributed by atoms with van der Waals surface area (Å²) in [6.07, 6.45) is 0.966. The molecule has 1 atom stereocenters. The van der Waals surface area contributed by atoms with Gasteiger partial charge in [0, 0.05) is 35.7 Å². The molecule has 0 bridgehead atoms. The minimum absolute atomic E-state index is 0.195. The number of nitrogens with zero attached hydrogens (tertiary/aromatic N) is 1. The van der Waals surface area contributed by atoms with Crippen LogP contribution in [0.25, 0.3) is 0 Å². The quantitative estimate of drug-likeness (QED) is 0.780. The van der Waals surface area contributed by atoms with Gasteiger partial charge in [0.25, 0.3) is 5.91 Å². The van der Waals surface area contributed by atoms with E-state index < -0.39 is 0 Å². The lowest BCUT2D eigenvalue weighted by Gasteiger charge is -2.40. The first-order chi connectivity index (χ1) is 7.75. The maximum absolute atomic E-state index is 12.2. The smallest absolute Gasteiger partial charge is 0.254 e. The van der Waals surface area contributed by atoms with Crippen LogP contribution in [0, 0.1) is 0 Å². The van der Waals surface area contributed by atoms with Crippen LogP contribution in [0.2, 0.25) is 0 Å². The number of carbonyl (C=O) groups excluding carboxylic acids is 1. The first kappa shape index (κ1) is 10.3. The second kappa shape index (κ2) is 3.86. The molecule has 0 spiro atoms. The van der Waals surface area contributed by atoms with Gasteiger partial charge >= 0.3 is 0 Å². The van der Waals surface area contributed by atoms with Crippen LogP contribution in [0.4, 0.5) is 0 Å². The van der Waals surface area contributed by atoms with E-state index in [-0.39, 0.29) is 5.91 Å². The summed E-state index contributed by atoms with van der Waals surface area (Å²) in [5.41, 5.74) is 2.05. The monoisotopic (exact) mass is 280 g/mol. The standard InChI is InChI=1S/C12H13BrN2O/c13-9-1-2-11-8(5-9)6-10-7-14-3-4-15(10)12(11)16/h1-2,5,10,14H,3-4,6-7H2/t10-/m1/s1. The van der Waals surface area contributed by atoms with E-state index in [1.165, 1.54) is 5.56 Å². The van der Waals surface area contributed by atoms with E-state index in [2.05, 4.69) is 27.3 Å². The lowest BCUT2D eigenvalue weighted by molar-refractivity contribution is 0.0606. The highest BCUT2D eigenvalue weighted by Gasteiger charge is 2.33. The van der Waals surface area contributed by atoms with Crippen molar-refractivity contribution >= 4 is 21.8 Å². The molecule has 1 saturated heterocycles. The van der Waals surface area contributed by atoms with Crippen LogP contribution in [0.15, 0.2) is 22.7 Å². The summed E-state index contributed by atoms with van der Waals surface area (Å²) in [6, 6.07) is 6.28. The second-order valence-electron chi connectivity index (χ2n) is 4.36. The Morgan fingerprint density at radius 3 is 3.19 bits per heavy atom. The van der Waals surface area contributed by atoms with Gasteiger partial charge in [-0.25, -0.2) is 0 Å². The number of benzene rings is 1. The van der Waals surface area contributed by atoms with Gasteiger partial charge in [0.05, 0.1) is 0 Å². The van der Waals surface area contributed by atoms with Crippen LogP contribution in [0.1, 0.15) is 15.9 Å². The molecule has 3 rings (SSSR count). The van der Waals surface area contributed by atoms with E-state index in [4.69, 9.17) is 0 Å². The van der Waals surface area contributed by atoms with Crippen molar-refractivity contribution in [2.24, 2.45) is 0 Å². The number of fused-ring (bicyclic) bond motifs is 2. The third-order valence-corrected chi connectivity index (χ3v) is 3.86. The summed E-state index contributed by atoms with van der Waals surface area (Å²) in [6.45, 7) is 2.66. The number of piperazine rings is 1. The maximum Gasteiger partial charge on any atom is 0.254 e. The Morgan fingerprint density at radius 2 is 2.31 bits per heavy atom. The van der Waals surface area contributed by atoms with Gasteiger partial charge in [0.2, 0.25) is 0 Å². The van der Waals surface area contributed by atoms with Gasteiger partial charge in [0.15, 0.2) is 0 Å². The van der Waals surface area contributed by atoms with Crippen LogP contribution < -0.4 is 5.32 Å². The largest absolute Gasteiger partial charge is 0.333 e. The number of amides is 1. The van der Waals surface area contributed by atoms with E-state index in [1.54, 1.807) is 0 Å². The molecule has 2 heterocycles.